The Morgan fingerprint density at radius 3 is 2.61 bits per heavy atom. The number of hydrogen-bond acceptors (Lipinski definition) is 3. The number of piperidine rings is 1. The topological polar surface area (TPSA) is 32.7 Å². The highest BCUT2D eigenvalue weighted by atomic mass is 16.5. The lowest BCUT2D eigenvalue weighted by atomic mass is 9.51. The molecule has 0 unspecified atom stereocenters. The molecule has 0 saturated carbocycles. The first-order valence-corrected chi connectivity index (χ1v) is 10.5. The van der Waals surface area contributed by atoms with Gasteiger partial charge in [0, 0.05) is 18.0 Å². The third-order valence-corrected chi connectivity index (χ3v) is 7.61. The highest BCUT2D eigenvalue weighted by molar-refractivity contribution is 5.48. The first-order valence-electron chi connectivity index (χ1n) is 10.5. The number of likely N-dealkylation sites (tertiary alicyclic amines) is 1. The van der Waals surface area contributed by atoms with E-state index in [1.54, 1.807) is 0 Å². The Morgan fingerprint density at radius 2 is 1.86 bits per heavy atom. The largest absolute Gasteiger partial charge is 0.508 e. The van der Waals surface area contributed by atoms with Crippen molar-refractivity contribution < 1.29 is 9.84 Å². The molecule has 0 aromatic heterocycles. The normalized spacial score (nSPS) is 27.2. The summed E-state index contributed by atoms with van der Waals surface area (Å²) in [6.07, 6.45) is 2.19. The van der Waals surface area contributed by atoms with Crippen LogP contribution in [-0.4, -0.2) is 35.2 Å². The third-order valence-electron chi connectivity index (χ3n) is 7.61. The molecule has 28 heavy (non-hydrogen) atoms. The van der Waals surface area contributed by atoms with Crippen LogP contribution in [0.1, 0.15) is 50.8 Å². The zero-order chi connectivity index (χ0) is 19.9. The predicted octanol–water partition coefficient (Wildman–Crippen LogP) is 4.91. The van der Waals surface area contributed by atoms with Gasteiger partial charge in [-0.1, -0.05) is 63.2 Å². The second-order valence-electron chi connectivity index (χ2n) is 9.43. The summed E-state index contributed by atoms with van der Waals surface area (Å²) in [5, 5.41) is 10.5. The quantitative estimate of drug-likeness (QED) is 0.801. The van der Waals surface area contributed by atoms with Crippen LogP contribution in [0, 0.1) is 5.41 Å². The van der Waals surface area contributed by atoms with Gasteiger partial charge in [0.2, 0.25) is 0 Å². The molecule has 1 saturated heterocycles. The molecular formula is C25H33NO2. The smallest absolute Gasteiger partial charge is 0.119 e. The van der Waals surface area contributed by atoms with Crippen LogP contribution in [0.15, 0.2) is 48.5 Å². The van der Waals surface area contributed by atoms with E-state index in [0.29, 0.717) is 18.4 Å². The monoisotopic (exact) mass is 379 g/mol. The summed E-state index contributed by atoms with van der Waals surface area (Å²) in [6, 6.07) is 16.9. The van der Waals surface area contributed by atoms with Crippen molar-refractivity contribution in [2.24, 2.45) is 5.41 Å². The Balaban J connectivity index is 1.51. The minimum absolute atomic E-state index is 0.0919. The van der Waals surface area contributed by atoms with E-state index >= 15 is 0 Å². The van der Waals surface area contributed by atoms with Crippen LogP contribution in [0.25, 0.3) is 0 Å². The number of ether oxygens (including phenoxy) is 1. The second kappa shape index (κ2) is 7.20. The van der Waals surface area contributed by atoms with Crippen molar-refractivity contribution in [1.82, 2.24) is 4.90 Å². The molecule has 2 aromatic carbocycles. The number of phenolic OH excluding ortho intramolecular Hbond substituents is 1. The molecule has 1 fully saturated rings. The van der Waals surface area contributed by atoms with E-state index in [9.17, 15) is 5.11 Å². The minimum Gasteiger partial charge on any atom is -0.508 e. The Kier molecular flexibility index (Phi) is 5.01. The Bertz CT molecular complexity index is 832. The van der Waals surface area contributed by atoms with Crippen LogP contribution >= 0.6 is 0 Å². The van der Waals surface area contributed by atoms with Crippen molar-refractivity contribution in [1.29, 1.82) is 0 Å². The summed E-state index contributed by atoms with van der Waals surface area (Å²) >= 11 is 0. The summed E-state index contributed by atoms with van der Waals surface area (Å²) < 4.78 is 6.16. The van der Waals surface area contributed by atoms with Gasteiger partial charge in [0.25, 0.3) is 0 Å². The summed E-state index contributed by atoms with van der Waals surface area (Å²) in [5.74, 6) is 0.458. The van der Waals surface area contributed by atoms with E-state index in [1.807, 2.05) is 18.2 Å². The van der Waals surface area contributed by atoms with Crippen LogP contribution in [-0.2, 0) is 23.2 Å². The maximum Gasteiger partial charge on any atom is 0.119 e. The molecule has 2 aromatic rings. The molecule has 0 spiro atoms. The van der Waals surface area contributed by atoms with Crippen molar-refractivity contribution in [2.75, 3.05) is 13.1 Å². The number of aromatic hydroxyl groups is 1. The highest BCUT2D eigenvalue weighted by Gasteiger charge is 2.56. The molecule has 0 amide bonds. The zero-order valence-electron chi connectivity index (χ0n) is 17.6. The van der Waals surface area contributed by atoms with E-state index in [4.69, 9.17) is 4.74 Å². The van der Waals surface area contributed by atoms with Crippen molar-refractivity contribution in [3.63, 3.8) is 0 Å². The molecule has 150 valence electrons. The molecule has 1 aliphatic heterocycles. The van der Waals surface area contributed by atoms with E-state index in [2.05, 4.69) is 62.9 Å². The van der Waals surface area contributed by atoms with E-state index < -0.39 is 0 Å². The molecule has 2 aliphatic rings. The average Bonchev–Trinajstić information content (AvgIpc) is 2.67. The molecular weight excluding hydrogens is 346 g/mol. The van der Waals surface area contributed by atoms with Crippen LogP contribution in [0.3, 0.4) is 0 Å². The highest BCUT2D eigenvalue weighted by Crippen LogP contribution is 2.57. The lowest BCUT2D eigenvalue weighted by Crippen LogP contribution is -2.64. The second-order valence-corrected chi connectivity index (χ2v) is 9.43. The van der Waals surface area contributed by atoms with Gasteiger partial charge in [-0.25, -0.2) is 0 Å². The van der Waals surface area contributed by atoms with Crippen LogP contribution in [0.4, 0.5) is 0 Å². The summed E-state index contributed by atoms with van der Waals surface area (Å²) in [5.41, 5.74) is 3.95. The number of nitrogens with zero attached hydrogens (tertiary/aromatic N) is 1. The molecule has 3 atom stereocenters. The van der Waals surface area contributed by atoms with Crippen molar-refractivity contribution in [2.45, 2.75) is 64.7 Å². The molecule has 3 heteroatoms. The zero-order valence-corrected chi connectivity index (χ0v) is 17.6. The predicted molar refractivity (Wildman–Crippen MR) is 114 cm³/mol. The lowest BCUT2D eigenvalue weighted by Gasteiger charge is -2.61. The van der Waals surface area contributed by atoms with E-state index in [-0.39, 0.29) is 16.9 Å². The third kappa shape index (κ3) is 3.15. The minimum atomic E-state index is 0.0919. The maximum atomic E-state index is 10.5. The van der Waals surface area contributed by atoms with Gasteiger partial charge < -0.3 is 9.84 Å². The van der Waals surface area contributed by atoms with Gasteiger partial charge >= 0.3 is 0 Å². The number of hydrogen-bond donors (Lipinski definition) is 1. The number of phenols is 1. The number of benzene rings is 2. The fourth-order valence-electron chi connectivity index (χ4n) is 5.45. The first-order chi connectivity index (χ1) is 13.3. The van der Waals surface area contributed by atoms with Gasteiger partial charge in [-0.15, -0.1) is 0 Å². The van der Waals surface area contributed by atoms with Crippen LogP contribution in [0.2, 0.25) is 0 Å². The summed E-state index contributed by atoms with van der Waals surface area (Å²) in [6.45, 7) is 12.1. The fraction of sp³-hybridized carbons (Fsp3) is 0.520. The molecule has 3 nitrogen and oxygen atoms in total. The molecule has 4 rings (SSSR count). The van der Waals surface area contributed by atoms with Crippen LogP contribution < -0.4 is 0 Å². The van der Waals surface area contributed by atoms with Gasteiger partial charge in [-0.3, -0.25) is 4.90 Å². The van der Waals surface area contributed by atoms with Gasteiger partial charge in [0.1, 0.15) is 5.75 Å². The fourth-order valence-corrected chi connectivity index (χ4v) is 5.45. The molecule has 1 aliphatic carbocycles. The Morgan fingerprint density at radius 1 is 1.11 bits per heavy atom. The lowest BCUT2D eigenvalue weighted by molar-refractivity contribution is -0.0651. The SMILES string of the molecule is C[C@@H](CN1CC[C@]2(C)c3cccc(O)c3C[C@@H]1C2(C)C)OCc1ccccc1. The molecule has 0 radical (unpaired) electrons. The van der Waals surface area contributed by atoms with E-state index in [1.165, 1.54) is 11.1 Å². The Labute approximate surface area is 169 Å². The Hall–Kier alpha value is -1.84. The van der Waals surface area contributed by atoms with Crippen LogP contribution in [0.5, 0.6) is 5.75 Å². The van der Waals surface area contributed by atoms with Crippen molar-refractivity contribution in [3.05, 3.63) is 65.2 Å². The average molecular weight is 380 g/mol. The molecule has 2 bridgehead atoms. The van der Waals surface area contributed by atoms with Gasteiger partial charge in [-0.2, -0.15) is 0 Å². The van der Waals surface area contributed by atoms with Crippen molar-refractivity contribution >= 4 is 0 Å². The van der Waals surface area contributed by atoms with Gasteiger partial charge in [-0.05, 0) is 54.5 Å². The molecule has 1 heterocycles. The van der Waals surface area contributed by atoms with E-state index in [0.717, 1.165) is 31.5 Å². The number of fused-ring (bicyclic) bond motifs is 4. The van der Waals surface area contributed by atoms with Gasteiger partial charge in [0.15, 0.2) is 0 Å². The van der Waals surface area contributed by atoms with Gasteiger partial charge in [0.05, 0.1) is 12.7 Å². The first kappa shape index (κ1) is 19.5. The standard InChI is InChI=1S/C25H33NO2/c1-18(28-17-19-9-6-5-7-10-19)16-26-14-13-25(4)21-11-8-12-22(27)20(21)15-23(26)24(25,2)3/h5-12,18,23,27H,13-17H2,1-4H3/t18-,23+,25+/m0/s1. The van der Waals surface area contributed by atoms with Crippen molar-refractivity contribution in [3.8, 4) is 5.75 Å². The maximum absolute atomic E-state index is 10.5. The molecule has 1 N–H and O–H groups in total. The number of rotatable bonds is 5. The summed E-state index contributed by atoms with van der Waals surface area (Å²) in [4.78, 5) is 2.60. The summed E-state index contributed by atoms with van der Waals surface area (Å²) in [7, 11) is 0.